The van der Waals surface area contributed by atoms with Gasteiger partial charge in [0.05, 0.1) is 17.3 Å². The average Bonchev–Trinajstić information content (AvgIpc) is 3.28. The van der Waals surface area contributed by atoms with E-state index in [1.807, 2.05) is 94.4 Å². The lowest BCUT2D eigenvalue weighted by molar-refractivity contribution is -0.136. The molecular formula is C30H29N3O2. The predicted molar refractivity (Wildman–Crippen MR) is 141 cm³/mol. The number of H-pyrrole nitrogens is 1. The Morgan fingerprint density at radius 1 is 0.971 bits per heavy atom. The van der Waals surface area contributed by atoms with Crippen LogP contribution in [0.2, 0.25) is 0 Å². The summed E-state index contributed by atoms with van der Waals surface area (Å²) in [5.74, 6) is -0.265. The molecule has 35 heavy (non-hydrogen) atoms. The predicted octanol–water partition coefficient (Wildman–Crippen LogP) is 6.15. The first-order valence-corrected chi connectivity index (χ1v) is 12.0. The Bertz CT molecular complexity index is 1520. The summed E-state index contributed by atoms with van der Waals surface area (Å²) >= 11 is 0. The van der Waals surface area contributed by atoms with Gasteiger partial charge in [0, 0.05) is 28.8 Å². The van der Waals surface area contributed by atoms with E-state index < -0.39 is 0 Å². The minimum Gasteiger partial charge on any atom is -0.321 e. The minimum atomic E-state index is -0.252. The third kappa shape index (κ3) is 4.08. The van der Waals surface area contributed by atoms with Crippen molar-refractivity contribution >= 4 is 22.5 Å². The van der Waals surface area contributed by atoms with E-state index in [-0.39, 0.29) is 23.4 Å². The van der Waals surface area contributed by atoms with Crippen molar-refractivity contribution in [2.75, 3.05) is 0 Å². The van der Waals surface area contributed by atoms with Crippen LogP contribution in [0.5, 0.6) is 0 Å². The molecule has 0 unspecified atom stereocenters. The normalized spacial score (nSPS) is 15.6. The second-order valence-electron chi connectivity index (χ2n) is 9.58. The summed E-state index contributed by atoms with van der Waals surface area (Å²) < 4.78 is 0. The highest BCUT2D eigenvalue weighted by molar-refractivity contribution is 6.13. The van der Waals surface area contributed by atoms with Crippen LogP contribution in [0.25, 0.3) is 22.0 Å². The number of carbonyl (C=O) groups excluding carboxylic acids is 1. The summed E-state index contributed by atoms with van der Waals surface area (Å²) in [6.45, 7) is 7.85. The Hall–Kier alpha value is -3.99. The van der Waals surface area contributed by atoms with Crippen LogP contribution in [0.4, 0.5) is 0 Å². The number of hydrogen-bond donors (Lipinski definition) is 1. The van der Waals surface area contributed by atoms with Crippen molar-refractivity contribution in [3.8, 4) is 11.1 Å². The maximum atomic E-state index is 13.6. The van der Waals surface area contributed by atoms with Gasteiger partial charge >= 0.3 is 0 Å². The number of nitrogens with zero attached hydrogens (tertiary/aromatic N) is 2. The second kappa shape index (κ2) is 8.99. The number of amides is 1. The Kier molecular flexibility index (Phi) is 5.85. The Morgan fingerprint density at radius 3 is 2.40 bits per heavy atom. The van der Waals surface area contributed by atoms with Crippen molar-refractivity contribution in [1.82, 2.24) is 9.99 Å². The van der Waals surface area contributed by atoms with Gasteiger partial charge in [0.2, 0.25) is 5.91 Å². The number of hydrogen-bond acceptors (Lipinski definition) is 3. The first-order valence-electron chi connectivity index (χ1n) is 12.0. The van der Waals surface area contributed by atoms with Gasteiger partial charge < -0.3 is 4.98 Å². The quantitative estimate of drug-likeness (QED) is 0.395. The first kappa shape index (κ1) is 22.8. The molecule has 1 amide bonds. The maximum absolute atomic E-state index is 13.6. The van der Waals surface area contributed by atoms with Crippen molar-refractivity contribution in [2.45, 2.75) is 40.2 Å². The highest BCUT2D eigenvalue weighted by atomic mass is 16.2. The number of pyridine rings is 1. The molecule has 0 saturated carbocycles. The number of hydrazone groups is 1. The molecule has 2 heterocycles. The summed E-state index contributed by atoms with van der Waals surface area (Å²) in [4.78, 5) is 29.9. The molecule has 3 aromatic carbocycles. The highest BCUT2D eigenvalue weighted by Crippen LogP contribution is 2.38. The molecule has 0 spiro atoms. The molecule has 176 valence electrons. The topological polar surface area (TPSA) is 65.5 Å². The van der Waals surface area contributed by atoms with Gasteiger partial charge in [0.25, 0.3) is 5.56 Å². The fraction of sp³-hybridized carbons (Fsp3) is 0.233. The Balaban J connectivity index is 1.76. The van der Waals surface area contributed by atoms with Gasteiger partial charge in [-0.1, -0.05) is 80.1 Å². The van der Waals surface area contributed by atoms with E-state index in [4.69, 9.17) is 5.10 Å². The van der Waals surface area contributed by atoms with Crippen LogP contribution in [0.1, 0.15) is 48.6 Å². The third-order valence-electron chi connectivity index (χ3n) is 6.70. The molecule has 1 atom stereocenters. The molecule has 5 nitrogen and oxygen atoms in total. The molecule has 1 aromatic heterocycles. The monoisotopic (exact) mass is 463 g/mol. The Morgan fingerprint density at radius 2 is 1.69 bits per heavy atom. The van der Waals surface area contributed by atoms with E-state index in [0.717, 1.165) is 38.7 Å². The molecule has 0 radical (unpaired) electrons. The number of aromatic amines is 1. The zero-order valence-corrected chi connectivity index (χ0v) is 20.5. The van der Waals surface area contributed by atoms with Crippen LogP contribution in [0.3, 0.4) is 0 Å². The lowest BCUT2D eigenvalue weighted by Gasteiger charge is -2.24. The lowest BCUT2D eigenvalue weighted by atomic mass is 9.90. The van der Waals surface area contributed by atoms with Crippen LogP contribution >= 0.6 is 0 Å². The summed E-state index contributed by atoms with van der Waals surface area (Å²) in [5.41, 5.74) is 6.82. The van der Waals surface area contributed by atoms with Gasteiger partial charge in [0.1, 0.15) is 0 Å². The molecule has 1 aliphatic rings. The largest absolute Gasteiger partial charge is 0.321 e. The fourth-order valence-corrected chi connectivity index (χ4v) is 4.92. The standard InChI is InChI=1S/C30H29N3O2/c1-18(2)30(35)33-26(22-13-9-8-10-20(22)4)17-25(32-33)28-27(21-11-6-5-7-12-21)23-16-19(3)14-15-24(23)31-29(28)34/h5-16,18,26H,17H2,1-4H3,(H,31,34)/t26-/m1/s1. The van der Waals surface area contributed by atoms with Crippen LogP contribution in [-0.4, -0.2) is 21.6 Å². The number of carbonyl (C=O) groups is 1. The fourth-order valence-electron chi connectivity index (χ4n) is 4.92. The highest BCUT2D eigenvalue weighted by Gasteiger charge is 2.36. The Labute approximate surface area is 205 Å². The van der Waals surface area contributed by atoms with E-state index in [1.54, 1.807) is 5.01 Å². The van der Waals surface area contributed by atoms with E-state index >= 15 is 0 Å². The summed E-state index contributed by atoms with van der Waals surface area (Å²) in [6.07, 6.45) is 0.476. The number of rotatable bonds is 4. The van der Waals surface area contributed by atoms with Crippen molar-refractivity contribution in [1.29, 1.82) is 0 Å². The SMILES string of the molecule is Cc1ccc2[nH]c(=O)c(C3=NN(C(=O)C(C)C)[C@@H](c4ccccc4C)C3)c(-c3ccccc3)c2c1. The maximum Gasteiger partial charge on any atom is 0.258 e. The first-order chi connectivity index (χ1) is 16.8. The molecule has 0 bridgehead atoms. The van der Waals surface area contributed by atoms with E-state index in [0.29, 0.717) is 17.7 Å². The van der Waals surface area contributed by atoms with Crippen molar-refractivity contribution in [2.24, 2.45) is 11.0 Å². The molecule has 0 saturated heterocycles. The van der Waals surface area contributed by atoms with Crippen molar-refractivity contribution < 1.29 is 4.79 Å². The van der Waals surface area contributed by atoms with Crippen molar-refractivity contribution in [3.05, 3.63) is 105 Å². The number of aryl methyl sites for hydroxylation is 2. The molecule has 1 aliphatic heterocycles. The molecule has 0 fully saturated rings. The lowest BCUT2D eigenvalue weighted by Crippen LogP contribution is -2.30. The van der Waals surface area contributed by atoms with Gasteiger partial charge in [-0.3, -0.25) is 9.59 Å². The molecule has 5 rings (SSSR count). The second-order valence-corrected chi connectivity index (χ2v) is 9.58. The van der Waals surface area contributed by atoms with E-state index in [9.17, 15) is 9.59 Å². The molecule has 4 aromatic rings. The number of fused-ring (bicyclic) bond motifs is 1. The van der Waals surface area contributed by atoms with E-state index in [1.165, 1.54) is 0 Å². The zero-order chi connectivity index (χ0) is 24.7. The van der Waals surface area contributed by atoms with Gasteiger partial charge in [-0.15, -0.1) is 0 Å². The molecular weight excluding hydrogens is 434 g/mol. The number of nitrogens with one attached hydrogen (secondary N) is 1. The van der Waals surface area contributed by atoms with E-state index in [2.05, 4.69) is 11.1 Å². The number of benzene rings is 3. The van der Waals surface area contributed by atoms with Gasteiger partial charge in [-0.05, 0) is 42.7 Å². The van der Waals surface area contributed by atoms with Gasteiger partial charge in [-0.25, -0.2) is 5.01 Å². The van der Waals surface area contributed by atoms with Crippen LogP contribution in [0.15, 0.2) is 82.7 Å². The minimum absolute atomic E-state index is 0.0532. The van der Waals surface area contributed by atoms with Gasteiger partial charge in [0.15, 0.2) is 0 Å². The summed E-state index contributed by atoms with van der Waals surface area (Å²) in [6, 6.07) is 23.8. The van der Waals surface area contributed by atoms with Crippen LogP contribution in [-0.2, 0) is 4.79 Å². The van der Waals surface area contributed by atoms with Crippen LogP contribution in [0, 0.1) is 19.8 Å². The average molecular weight is 464 g/mol. The van der Waals surface area contributed by atoms with Gasteiger partial charge in [-0.2, -0.15) is 5.10 Å². The molecule has 0 aliphatic carbocycles. The summed E-state index contributed by atoms with van der Waals surface area (Å²) in [7, 11) is 0. The molecule has 5 heteroatoms. The smallest absolute Gasteiger partial charge is 0.258 e. The molecule has 1 N–H and O–H groups in total. The number of aromatic nitrogens is 1. The summed E-state index contributed by atoms with van der Waals surface area (Å²) in [5, 5.41) is 7.40. The third-order valence-corrected chi connectivity index (χ3v) is 6.70. The zero-order valence-electron chi connectivity index (χ0n) is 20.5. The van der Waals surface area contributed by atoms with Crippen LogP contribution < -0.4 is 5.56 Å². The van der Waals surface area contributed by atoms with Crippen molar-refractivity contribution in [3.63, 3.8) is 0 Å².